The van der Waals surface area contributed by atoms with E-state index in [1.54, 1.807) is 11.8 Å². The lowest BCUT2D eigenvalue weighted by molar-refractivity contribution is 1.11. The Hall–Kier alpha value is -0.160. The van der Waals surface area contributed by atoms with Crippen molar-refractivity contribution in [2.75, 3.05) is 5.75 Å². The second kappa shape index (κ2) is 4.01. The second-order valence-corrected chi connectivity index (χ2v) is 3.08. The van der Waals surface area contributed by atoms with Crippen molar-refractivity contribution < 1.29 is 0 Å². The summed E-state index contributed by atoms with van der Waals surface area (Å²) in [7, 11) is 0. The zero-order chi connectivity index (χ0) is 5.70. The molecule has 0 bridgehead atoms. The van der Waals surface area contributed by atoms with Crippen molar-refractivity contribution in [2.45, 2.75) is 19.1 Å². The summed E-state index contributed by atoms with van der Waals surface area (Å²) in [5.74, 6) is 0.623. The molecule has 0 aliphatic carbocycles. The van der Waals surface area contributed by atoms with Crippen LogP contribution in [0.4, 0.5) is 0 Å². The van der Waals surface area contributed by atoms with Crippen molar-refractivity contribution in [1.82, 2.24) is 0 Å². The van der Waals surface area contributed by atoms with Crippen molar-refractivity contribution in [1.29, 1.82) is 5.26 Å². The van der Waals surface area contributed by atoms with Gasteiger partial charge in [0, 0.05) is 5.25 Å². The van der Waals surface area contributed by atoms with Gasteiger partial charge in [0.05, 0.1) is 11.8 Å². The van der Waals surface area contributed by atoms with Crippen LogP contribution in [0.15, 0.2) is 0 Å². The monoisotopic (exact) mass is 115 g/mol. The van der Waals surface area contributed by atoms with E-state index >= 15 is 0 Å². The summed E-state index contributed by atoms with van der Waals surface area (Å²) in [6.45, 7) is 4.17. The van der Waals surface area contributed by atoms with Crippen molar-refractivity contribution >= 4 is 11.8 Å². The molecule has 0 aliphatic rings. The molecule has 1 nitrogen and oxygen atoms in total. The summed E-state index contributed by atoms with van der Waals surface area (Å²) in [5.41, 5.74) is 0. The van der Waals surface area contributed by atoms with Gasteiger partial charge in [-0.2, -0.15) is 5.26 Å². The minimum absolute atomic E-state index is 0.597. The maximum Gasteiger partial charge on any atom is 0.0810 e. The molecule has 0 aromatic rings. The van der Waals surface area contributed by atoms with Crippen molar-refractivity contribution in [2.24, 2.45) is 0 Å². The van der Waals surface area contributed by atoms with Gasteiger partial charge in [0.15, 0.2) is 0 Å². The van der Waals surface area contributed by atoms with Crippen LogP contribution in [0.1, 0.15) is 13.8 Å². The molecule has 0 spiro atoms. The zero-order valence-corrected chi connectivity index (χ0v) is 5.46. The van der Waals surface area contributed by atoms with Crippen LogP contribution in [-0.4, -0.2) is 11.0 Å². The van der Waals surface area contributed by atoms with E-state index < -0.39 is 0 Å². The number of nitrogens with zero attached hydrogens (tertiary/aromatic N) is 1. The lowest BCUT2D eigenvalue weighted by atomic mass is 10.6. The highest BCUT2D eigenvalue weighted by molar-refractivity contribution is 8.00. The number of thioether (sulfide) groups is 1. The van der Waals surface area contributed by atoms with Crippen LogP contribution in [0.3, 0.4) is 0 Å². The fourth-order valence-corrected chi connectivity index (χ4v) is 0.612. The Labute approximate surface area is 48.7 Å². The van der Waals surface area contributed by atoms with E-state index in [0.29, 0.717) is 11.0 Å². The van der Waals surface area contributed by atoms with Gasteiger partial charge in [0.1, 0.15) is 0 Å². The fraction of sp³-hybridized carbons (Fsp3) is 0.800. The third kappa shape index (κ3) is 5.84. The molecule has 0 aromatic heterocycles. The molecular weight excluding hydrogens is 106 g/mol. The Morgan fingerprint density at radius 3 is 2.43 bits per heavy atom. The van der Waals surface area contributed by atoms with E-state index in [9.17, 15) is 0 Å². The quantitative estimate of drug-likeness (QED) is 0.546. The van der Waals surface area contributed by atoms with Crippen LogP contribution in [0, 0.1) is 11.3 Å². The molecule has 0 N–H and O–H groups in total. The van der Waals surface area contributed by atoms with E-state index in [2.05, 4.69) is 19.9 Å². The number of nitriles is 1. The molecule has 0 atom stereocenters. The largest absolute Gasteiger partial charge is 0.197 e. The van der Waals surface area contributed by atoms with E-state index in [1.165, 1.54) is 0 Å². The Balaban J connectivity index is 2.86. The smallest absolute Gasteiger partial charge is 0.0810 e. The molecule has 0 amide bonds. The molecule has 0 aromatic carbocycles. The molecule has 7 heavy (non-hydrogen) atoms. The first-order valence-corrected chi connectivity index (χ1v) is 3.30. The van der Waals surface area contributed by atoms with Crippen molar-refractivity contribution in [3.05, 3.63) is 0 Å². The molecule has 0 saturated carbocycles. The number of rotatable bonds is 2. The molecular formula is C5H9NS. The molecule has 0 rings (SSSR count). The maximum absolute atomic E-state index is 8.04. The zero-order valence-electron chi connectivity index (χ0n) is 4.64. The van der Waals surface area contributed by atoms with Gasteiger partial charge >= 0.3 is 0 Å². The fourth-order valence-electron chi connectivity index (χ4n) is 0.204. The predicted molar refractivity (Wildman–Crippen MR) is 33.2 cm³/mol. The summed E-state index contributed by atoms with van der Waals surface area (Å²) in [5, 5.41) is 8.64. The highest BCUT2D eigenvalue weighted by atomic mass is 32.2. The van der Waals surface area contributed by atoms with Crippen LogP contribution in [0.5, 0.6) is 0 Å². The normalized spacial score (nSPS) is 8.86. The van der Waals surface area contributed by atoms with Crippen LogP contribution < -0.4 is 0 Å². The average molecular weight is 115 g/mol. The van der Waals surface area contributed by atoms with Gasteiger partial charge in [-0.3, -0.25) is 0 Å². The summed E-state index contributed by atoms with van der Waals surface area (Å²) < 4.78 is 0. The highest BCUT2D eigenvalue weighted by Gasteiger charge is 1.88. The van der Waals surface area contributed by atoms with Crippen molar-refractivity contribution in [3.63, 3.8) is 0 Å². The van der Waals surface area contributed by atoms with Gasteiger partial charge in [-0.05, 0) is 0 Å². The summed E-state index contributed by atoms with van der Waals surface area (Å²) >= 11 is 1.67. The van der Waals surface area contributed by atoms with Gasteiger partial charge in [-0.25, -0.2) is 0 Å². The Morgan fingerprint density at radius 1 is 1.71 bits per heavy atom. The van der Waals surface area contributed by atoms with Crippen LogP contribution in [0.2, 0.25) is 0 Å². The van der Waals surface area contributed by atoms with Crippen LogP contribution in [0.25, 0.3) is 0 Å². The molecule has 2 heteroatoms. The second-order valence-electron chi connectivity index (χ2n) is 1.52. The summed E-state index contributed by atoms with van der Waals surface area (Å²) in [6, 6.07) is 2.06. The highest BCUT2D eigenvalue weighted by Crippen LogP contribution is 2.06. The molecule has 0 saturated heterocycles. The molecule has 0 radical (unpaired) electrons. The molecule has 0 unspecified atom stereocenters. The third-order valence-electron chi connectivity index (χ3n) is 0.481. The minimum atomic E-state index is 0.597. The van der Waals surface area contributed by atoms with Crippen molar-refractivity contribution in [3.8, 4) is 6.07 Å². The van der Waals surface area contributed by atoms with Gasteiger partial charge in [-0.15, -0.1) is 11.8 Å². The van der Waals surface area contributed by atoms with E-state index in [0.717, 1.165) is 0 Å². The van der Waals surface area contributed by atoms with E-state index in [1.807, 2.05) is 0 Å². The van der Waals surface area contributed by atoms with Gasteiger partial charge < -0.3 is 0 Å². The Bertz CT molecular complexity index is 72.6. The first-order valence-electron chi connectivity index (χ1n) is 2.26. The molecule has 0 fully saturated rings. The topological polar surface area (TPSA) is 23.8 Å². The first kappa shape index (κ1) is 6.84. The number of hydrogen-bond donors (Lipinski definition) is 0. The van der Waals surface area contributed by atoms with Gasteiger partial charge in [-0.1, -0.05) is 13.8 Å². The standard InChI is InChI=1S/C5H9NS/c1-5(2)7-4-3-6/h5H,4H2,1-2H3. The first-order chi connectivity index (χ1) is 3.27. The van der Waals surface area contributed by atoms with Crippen LogP contribution in [-0.2, 0) is 0 Å². The molecule has 0 aliphatic heterocycles. The molecule has 40 valence electrons. The Morgan fingerprint density at radius 2 is 2.29 bits per heavy atom. The third-order valence-corrected chi connectivity index (χ3v) is 1.44. The predicted octanol–water partition coefficient (Wildman–Crippen LogP) is 1.65. The lowest BCUT2D eigenvalue weighted by Gasteiger charge is -1.94. The number of hydrogen-bond acceptors (Lipinski definition) is 2. The van der Waals surface area contributed by atoms with Gasteiger partial charge in [0.25, 0.3) is 0 Å². The Kier molecular flexibility index (Phi) is 3.92. The average Bonchev–Trinajstić information content (AvgIpc) is 1.61. The maximum atomic E-state index is 8.04. The van der Waals surface area contributed by atoms with E-state index in [-0.39, 0.29) is 0 Å². The SMILES string of the molecule is CC(C)SCC#N. The summed E-state index contributed by atoms with van der Waals surface area (Å²) in [6.07, 6.45) is 0. The lowest BCUT2D eigenvalue weighted by Crippen LogP contribution is -1.85. The minimum Gasteiger partial charge on any atom is -0.197 e. The van der Waals surface area contributed by atoms with Gasteiger partial charge in [0.2, 0.25) is 0 Å². The molecule has 0 heterocycles. The van der Waals surface area contributed by atoms with E-state index in [4.69, 9.17) is 5.26 Å². The summed E-state index contributed by atoms with van der Waals surface area (Å²) in [4.78, 5) is 0. The van der Waals surface area contributed by atoms with Crippen LogP contribution >= 0.6 is 11.8 Å².